The van der Waals surface area contributed by atoms with E-state index < -0.39 is 0 Å². The van der Waals surface area contributed by atoms with Gasteiger partial charge in [0.2, 0.25) is 0 Å². The van der Waals surface area contributed by atoms with E-state index in [0.29, 0.717) is 12.0 Å². The number of rotatable bonds is 2. The Labute approximate surface area is 87.2 Å². The molecule has 1 aliphatic rings. The number of halogens is 1. The Morgan fingerprint density at radius 3 is 2.62 bits per heavy atom. The van der Waals surface area contributed by atoms with Crippen molar-refractivity contribution < 1.29 is 0 Å². The molecule has 4 heteroatoms. The predicted octanol–water partition coefficient (Wildman–Crippen LogP) is 0.425. The summed E-state index contributed by atoms with van der Waals surface area (Å²) in [6, 6.07) is 0.681. The molecular weight excluding hydrogens is 186 g/mol. The lowest BCUT2D eigenvalue weighted by molar-refractivity contribution is 0.159. The van der Waals surface area contributed by atoms with Crippen LogP contribution in [0.2, 0.25) is 0 Å². The maximum atomic E-state index is 5.91. The molecule has 3 nitrogen and oxygen atoms in total. The topological polar surface area (TPSA) is 55.3 Å². The third kappa shape index (κ3) is 4.27. The van der Waals surface area contributed by atoms with E-state index in [-0.39, 0.29) is 18.4 Å². The first-order chi connectivity index (χ1) is 5.59. The second-order valence-electron chi connectivity index (χ2n) is 4.17. The average Bonchev–Trinajstić information content (AvgIpc) is 1.96. The number of hydrogen-bond acceptors (Lipinski definition) is 3. The lowest BCUT2D eigenvalue weighted by Crippen LogP contribution is -2.48. The van der Waals surface area contributed by atoms with Gasteiger partial charge in [0.15, 0.2) is 0 Å². The van der Waals surface area contributed by atoms with E-state index in [0.717, 1.165) is 26.1 Å². The Bertz CT molecular complexity index is 141. The summed E-state index contributed by atoms with van der Waals surface area (Å²) in [4.78, 5) is 2.42. The molecule has 80 valence electrons. The minimum Gasteiger partial charge on any atom is -0.327 e. The quantitative estimate of drug-likeness (QED) is 0.691. The lowest BCUT2D eigenvalue weighted by atomic mass is 9.94. The molecule has 13 heavy (non-hydrogen) atoms. The van der Waals surface area contributed by atoms with Crippen LogP contribution >= 0.6 is 12.4 Å². The molecule has 3 atom stereocenters. The molecule has 4 N–H and O–H groups in total. The monoisotopic (exact) mass is 207 g/mol. The number of piperidine rings is 1. The minimum absolute atomic E-state index is 0. The van der Waals surface area contributed by atoms with Crippen molar-refractivity contribution in [3.63, 3.8) is 0 Å². The van der Waals surface area contributed by atoms with Gasteiger partial charge in [-0.1, -0.05) is 6.92 Å². The second kappa shape index (κ2) is 5.81. The highest BCUT2D eigenvalue weighted by Crippen LogP contribution is 2.14. The Balaban J connectivity index is 0.00000144. The van der Waals surface area contributed by atoms with Crippen LogP contribution in [0.15, 0.2) is 0 Å². The molecule has 1 rings (SSSR count). The Kier molecular flexibility index (Phi) is 5.88. The van der Waals surface area contributed by atoms with Gasteiger partial charge in [0.1, 0.15) is 0 Å². The summed E-state index contributed by atoms with van der Waals surface area (Å²) in [5.74, 6) is 0.623. The van der Waals surface area contributed by atoms with Crippen molar-refractivity contribution in [2.75, 3.05) is 19.6 Å². The minimum atomic E-state index is 0. The van der Waals surface area contributed by atoms with Crippen molar-refractivity contribution in [3.05, 3.63) is 0 Å². The third-order valence-electron chi connectivity index (χ3n) is 2.60. The molecule has 0 bridgehead atoms. The summed E-state index contributed by atoms with van der Waals surface area (Å²) >= 11 is 0. The zero-order valence-electron chi connectivity index (χ0n) is 8.57. The molecular formula is C9H22ClN3. The fraction of sp³-hybridized carbons (Fsp3) is 1.00. The first-order valence-corrected chi connectivity index (χ1v) is 4.83. The molecule has 1 aliphatic heterocycles. The molecule has 0 aromatic rings. The van der Waals surface area contributed by atoms with Crippen molar-refractivity contribution in [1.29, 1.82) is 0 Å². The number of nitrogens with zero attached hydrogens (tertiary/aromatic N) is 1. The Hall–Kier alpha value is 0.170. The van der Waals surface area contributed by atoms with Gasteiger partial charge in [-0.05, 0) is 25.8 Å². The van der Waals surface area contributed by atoms with Crippen LogP contribution in [0.4, 0.5) is 0 Å². The molecule has 0 saturated carbocycles. The van der Waals surface area contributed by atoms with Crippen LogP contribution in [0.5, 0.6) is 0 Å². The van der Waals surface area contributed by atoms with Crippen LogP contribution in [0, 0.1) is 5.92 Å². The highest BCUT2D eigenvalue weighted by molar-refractivity contribution is 5.85. The normalized spacial score (nSPS) is 32.3. The fourth-order valence-corrected chi connectivity index (χ4v) is 1.82. The Morgan fingerprint density at radius 2 is 2.15 bits per heavy atom. The maximum absolute atomic E-state index is 5.91. The van der Waals surface area contributed by atoms with Crippen LogP contribution in [0.3, 0.4) is 0 Å². The molecule has 0 aromatic heterocycles. The second-order valence-corrected chi connectivity index (χ2v) is 4.17. The van der Waals surface area contributed by atoms with Crippen LogP contribution in [-0.2, 0) is 0 Å². The van der Waals surface area contributed by atoms with E-state index in [4.69, 9.17) is 11.5 Å². The summed E-state index contributed by atoms with van der Waals surface area (Å²) in [6.45, 7) is 7.52. The zero-order valence-corrected chi connectivity index (χ0v) is 9.39. The van der Waals surface area contributed by atoms with Gasteiger partial charge in [-0.3, -0.25) is 0 Å². The zero-order chi connectivity index (χ0) is 9.14. The van der Waals surface area contributed by atoms with E-state index in [1.54, 1.807) is 0 Å². The highest BCUT2D eigenvalue weighted by atomic mass is 35.5. The molecule has 0 spiro atoms. The van der Waals surface area contributed by atoms with Crippen molar-refractivity contribution >= 4 is 12.4 Å². The summed E-state index contributed by atoms with van der Waals surface area (Å²) in [6.07, 6.45) is 1.12. The van der Waals surface area contributed by atoms with Crippen LogP contribution < -0.4 is 11.5 Å². The lowest BCUT2D eigenvalue weighted by Gasteiger charge is -2.35. The molecule has 0 radical (unpaired) electrons. The van der Waals surface area contributed by atoms with E-state index in [9.17, 15) is 0 Å². The average molecular weight is 208 g/mol. The van der Waals surface area contributed by atoms with Gasteiger partial charge in [0.05, 0.1) is 0 Å². The summed E-state index contributed by atoms with van der Waals surface area (Å²) in [5.41, 5.74) is 11.6. The fourth-order valence-electron chi connectivity index (χ4n) is 1.82. The van der Waals surface area contributed by atoms with Crippen molar-refractivity contribution in [2.45, 2.75) is 32.4 Å². The third-order valence-corrected chi connectivity index (χ3v) is 2.60. The van der Waals surface area contributed by atoms with Gasteiger partial charge < -0.3 is 16.4 Å². The van der Waals surface area contributed by atoms with Crippen molar-refractivity contribution in [2.24, 2.45) is 17.4 Å². The molecule has 3 unspecified atom stereocenters. The first-order valence-electron chi connectivity index (χ1n) is 4.83. The van der Waals surface area contributed by atoms with Gasteiger partial charge in [-0.25, -0.2) is 0 Å². The van der Waals surface area contributed by atoms with E-state index in [1.807, 2.05) is 0 Å². The molecule has 0 amide bonds. The molecule has 0 aliphatic carbocycles. The van der Waals surface area contributed by atoms with Crippen molar-refractivity contribution in [1.82, 2.24) is 4.90 Å². The summed E-state index contributed by atoms with van der Waals surface area (Å²) in [5, 5.41) is 0. The van der Waals surface area contributed by atoms with Gasteiger partial charge in [0.25, 0.3) is 0 Å². The van der Waals surface area contributed by atoms with Gasteiger partial charge >= 0.3 is 0 Å². The van der Waals surface area contributed by atoms with E-state index in [2.05, 4.69) is 18.7 Å². The van der Waals surface area contributed by atoms with Crippen LogP contribution in [0.25, 0.3) is 0 Å². The highest BCUT2D eigenvalue weighted by Gasteiger charge is 2.22. The molecule has 0 aromatic carbocycles. The first kappa shape index (κ1) is 13.2. The summed E-state index contributed by atoms with van der Waals surface area (Å²) in [7, 11) is 0. The van der Waals surface area contributed by atoms with Crippen LogP contribution in [-0.4, -0.2) is 36.6 Å². The van der Waals surface area contributed by atoms with Gasteiger partial charge in [0, 0.05) is 25.2 Å². The number of hydrogen-bond donors (Lipinski definition) is 2. The Morgan fingerprint density at radius 1 is 1.54 bits per heavy atom. The number of nitrogens with two attached hydrogens (primary N) is 2. The SMILES string of the molecule is CC(N)CN1CCC(N)C(C)C1.Cl. The predicted molar refractivity (Wildman–Crippen MR) is 59.1 cm³/mol. The smallest absolute Gasteiger partial charge is 0.0139 e. The van der Waals surface area contributed by atoms with E-state index >= 15 is 0 Å². The molecule has 1 heterocycles. The van der Waals surface area contributed by atoms with Crippen LogP contribution in [0.1, 0.15) is 20.3 Å². The van der Waals surface area contributed by atoms with Gasteiger partial charge in [-0.15, -0.1) is 12.4 Å². The molecule has 1 saturated heterocycles. The standard InChI is InChI=1S/C9H21N3.ClH/c1-7-5-12(6-8(2)10)4-3-9(7)11;/h7-9H,3-6,10-11H2,1-2H3;1H. The van der Waals surface area contributed by atoms with Crippen molar-refractivity contribution in [3.8, 4) is 0 Å². The van der Waals surface area contributed by atoms with E-state index in [1.165, 1.54) is 0 Å². The largest absolute Gasteiger partial charge is 0.327 e. The number of likely N-dealkylation sites (tertiary alicyclic amines) is 1. The molecule has 1 fully saturated rings. The summed E-state index contributed by atoms with van der Waals surface area (Å²) < 4.78 is 0. The van der Waals surface area contributed by atoms with Gasteiger partial charge in [-0.2, -0.15) is 0 Å². The maximum Gasteiger partial charge on any atom is 0.0139 e.